The molecule has 90 valence electrons. The summed E-state index contributed by atoms with van der Waals surface area (Å²) in [4.78, 5) is 0. The monoisotopic (exact) mass is 245 g/mol. The molecule has 2 rings (SSSR count). The summed E-state index contributed by atoms with van der Waals surface area (Å²) < 4.78 is 18.9. The molecule has 0 radical (unpaired) electrons. The number of hydrogen-bond acceptors (Lipinski definition) is 2. The van der Waals surface area contributed by atoms with Gasteiger partial charge in [0.25, 0.3) is 0 Å². The van der Waals surface area contributed by atoms with E-state index >= 15 is 0 Å². The highest BCUT2D eigenvalue weighted by Crippen LogP contribution is 2.12. The molecule has 1 aliphatic heterocycles. The Bertz CT molecular complexity index is 327. The van der Waals surface area contributed by atoms with Gasteiger partial charge in [-0.05, 0) is 17.5 Å². The van der Waals surface area contributed by atoms with Crippen molar-refractivity contribution in [2.45, 2.75) is 19.6 Å². The second-order valence-corrected chi connectivity index (χ2v) is 4.13. The fraction of sp³-hybridized carbons (Fsp3) is 0.500. The number of nitrogens with one attached hydrogen (secondary N) is 1. The van der Waals surface area contributed by atoms with Gasteiger partial charge in [0.15, 0.2) is 0 Å². The highest BCUT2D eigenvalue weighted by atomic mass is 35.5. The molecule has 0 amide bonds. The van der Waals surface area contributed by atoms with E-state index in [1.54, 1.807) is 12.1 Å². The Labute approximate surface area is 102 Å². The molecule has 1 aromatic carbocycles. The molecule has 2 unspecified atom stereocenters. The minimum Gasteiger partial charge on any atom is -0.363 e. The van der Waals surface area contributed by atoms with Gasteiger partial charge in [-0.2, -0.15) is 0 Å². The highest BCUT2D eigenvalue weighted by molar-refractivity contribution is 5.85. The SMILES string of the molecule is CC1CNC(Cc2ccccc2F)OC1.Cl. The first kappa shape index (κ1) is 13.4. The first-order valence-corrected chi connectivity index (χ1v) is 5.34. The average Bonchev–Trinajstić information content (AvgIpc) is 2.25. The maximum absolute atomic E-state index is 13.3. The van der Waals surface area contributed by atoms with Gasteiger partial charge >= 0.3 is 0 Å². The van der Waals surface area contributed by atoms with Crippen LogP contribution in [0.4, 0.5) is 4.39 Å². The van der Waals surface area contributed by atoms with Gasteiger partial charge in [0.05, 0.1) is 6.61 Å². The van der Waals surface area contributed by atoms with Crippen LogP contribution in [0, 0.1) is 11.7 Å². The largest absolute Gasteiger partial charge is 0.363 e. The molecule has 0 bridgehead atoms. The quantitative estimate of drug-likeness (QED) is 0.864. The minimum atomic E-state index is -0.151. The van der Waals surface area contributed by atoms with E-state index in [9.17, 15) is 4.39 Å². The first-order chi connectivity index (χ1) is 7.25. The van der Waals surface area contributed by atoms with Crippen LogP contribution in [0.25, 0.3) is 0 Å². The van der Waals surface area contributed by atoms with E-state index in [1.807, 2.05) is 6.07 Å². The summed E-state index contributed by atoms with van der Waals surface area (Å²) in [6, 6.07) is 6.85. The van der Waals surface area contributed by atoms with E-state index in [-0.39, 0.29) is 24.5 Å². The van der Waals surface area contributed by atoms with Gasteiger partial charge in [-0.3, -0.25) is 5.32 Å². The molecule has 1 N–H and O–H groups in total. The second kappa shape index (κ2) is 6.18. The fourth-order valence-electron chi connectivity index (χ4n) is 1.73. The maximum Gasteiger partial charge on any atom is 0.126 e. The van der Waals surface area contributed by atoms with E-state index in [4.69, 9.17) is 4.74 Å². The van der Waals surface area contributed by atoms with Crippen molar-refractivity contribution in [1.29, 1.82) is 0 Å². The molecule has 1 saturated heterocycles. The lowest BCUT2D eigenvalue weighted by Crippen LogP contribution is -2.43. The topological polar surface area (TPSA) is 21.3 Å². The summed E-state index contributed by atoms with van der Waals surface area (Å²) in [6.45, 7) is 3.83. The van der Waals surface area contributed by atoms with Crippen molar-refractivity contribution in [2.75, 3.05) is 13.2 Å². The summed E-state index contributed by atoms with van der Waals surface area (Å²) in [5, 5.41) is 3.26. The normalized spacial score (nSPS) is 24.9. The molecule has 1 heterocycles. The Morgan fingerprint density at radius 1 is 1.44 bits per heavy atom. The first-order valence-electron chi connectivity index (χ1n) is 5.34. The molecule has 0 aromatic heterocycles. The van der Waals surface area contributed by atoms with Crippen molar-refractivity contribution in [3.63, 3.8) is 0 Å². The second-order valence-electron chi connectivity index (χ2n) is 4.13. The Morgan fingerprint density at radius 3 is 2.81 bits per heavy atom. The summed E-state index contributed by atoms with van der Waals surface area (Å²) in [6.07, 6.45) is 0.553. The lowest BCUT2D eigenvalue weighted by molar-refractivity contribution is -0.0231. The Morgan fingerprint density at radius 2 is 2.19 bits per heavy atom. The molecular weight excluding hydrogens is 229 g/mol. The summed E-state index contributed by atoms with van der Waals surface area (Å²) >= 11 is 0. The van der Waals surface area contributed by atoms with Crippen LogP contribution in [0.5, 0.6) is 0 Å². The molecule has 0 saturated carbocycles. The van der Waals surface area contributed by atoms with Crippen molar-refractivity contribution >= 4 is 12.4 Å². The summed E-state index contributed by atoms with van der Waals surface area (Å²) in [5.74, 6) is 0.392. The number of ether oxygens (including phenoxy) is 1. The lowest BCUT2D eigenvalue weighted by Gasteiger charge is -2.28. The van der Waals surface area contributed by atoms with Crippen LogP contribution < -0.4 is 5.32 Å². The van der Waals surface area contributed by atoms with Crippen LogP contribution in [0.15, 0.2) is 24.3 Å². The van der Waals surface area contributed by atoms with Crippen LogP contribution >= 0.6 is 12.4 Å². The lowest BCUT2D eigenvalue weighted by atomic mass is 10.1. The van der Waals surface area contributed by atoms with Gasteiger partial charge in [0.1, 0.15) is 12.0 Å². The molecule has 1 fully saturated rings. The summed E-state index contributed by atoms with van der Waals surface area (Å²) in [5.41, 5.74) is 0.713. The van der Waals surface area contributed by atoms with E-state index in [2.05, 4.69) is 12.2 Å². The van der Waals surface area contributed by atoms with Gasteiger partial charge in [-0.1, -0.05) is 25.1 Å². The molecule has 1 aliphatic rings. The maximum atomic E-state index is 13.3. The van der Waals surface area contributed by atoms with Crippen molar-refractivity contribution in [3.05, 3.63) is 35.6 Å². The third kappa shape index (κ3) is 3.44. The van der Waals surface area contributed by atoms with Crippen molar-refractivity contribution in [2.24, 2.45) is 5.92 Å². The van der Waals surface area contributed by atoms with Crippen molar-refractivity contribution < 1.29 is 9.13 Å². The van der Waals surface area contributed by atoms with E-state index in [0.717, 1.165) is 13.2 Å². The zero-order chi connectivity index (χ0) is 10.7. The molecule has 2 atom stereocenters. The van der Waals surface area contributed by atoms with Crippen LogP contribution in [0.2, 0.25) is 0 Å². The molecule has 0 spiro atoms. The van der Waals surface area contributed by atoms with Crippen LogP contribution in [0.1, 0.15) is 12.5 Å². The third-order valence-electron chi connectivity index (χ3n) is 2.64. The van der Waals surface area contributed by atoms with Crippen molar-refractivity contribution in [3.8, 4) is 0 Å². The van der Waals surface area contributed by atoms with Gasteiger partial charge < -0.3 is 4.74 Å². The Balaban J connectivity index is 0.00000128. The van der Waals surface area contributed by atoms with Gasteiger partial charge in [-0.25, -0.2) is 4.39 Å². The molecule has 4 heteroatoms. The van der Waals surface area contributed by atoms with E-state index < -0.39 is 0 Å². The molecule has 1 aromatic rings. The van der Waals surface area contributed by atoms with Crippen molar-refractivity contribution in [1.82, 2.24) is 5.32 Å². The van der Waals surface area contributed by atoms with Crippen LogP contribution in [0.3, 0.4) is 0 Å². The predicted octanol–water partition coefficient (Wildman–Crippen LogP) is 2.37. The number of rotatable bonds is 2. The van der Waals surface area contributed by atoms with Gasteiger partial charge in [0.2, 0.25) is 0 Å². The zero-order valence-corrected chi connectivity index (χ0v) is 10.1. The fourth-order valence-corrected chi connectivity index (χ4v) is 1.73. The van der Waals surface area contributed by atoms with E-state index in [1.165, 1.54) is 6.07 Å². The zero-order valence-electron chi connectivity index (χ0n) is 9.28. The summed E-state index contributed by atoms with van der Waals surface area (Å²) in [7, 11) is 0. The molecule has 0 aliphatic carbocycles. The highest BCUT2D eigenvalue weighted by Gasteiger charge is 2.18. The Hall–Kier alpha value is -0.640. The molecular formula is C12H17ClFNO. The van der Waals surface area contributed by atoms with E-state index in [0.29, 0.717) is 17.9 Å². The van der Waals surface area contributed by atoms with Gasteiger partial charge in [-0.15, -0.1) is 12.4 Å². The van der Waals surface area contributed by atoms with Crippen LogP contribution in [-0.4, -0.2) is 19.4 Å². The Kier molecular flexibility index (Phi) is 5.19. The predicted molar refractivity (Wildman–Crippen MR) is 64.3 cm³/mol. The minimum absolute atomic E-state index is 0. The van der Waals surface area contributed by atoms with Gasteiger partial charge in [0, 0.05) is 13.0 Å². The average molecular weight is 246 g/mol. The molecule has 16 heavy (non-hydrogen) atoms. The molecule has 2 nitrogen and oxygen atoms in total. The number of hydrogen-bond donors (Lipinski definition) is 1. The third-order valence-corrected chi connectivity index (χ3v) is 2.64. The van der Waals surface area contributed by atoms with Crippen LogP contribution in [-0.2, 0) is 11.2 Å². The number of benzene rings is 1. The standard InChI is InChI=1S/C12H16FNO.ClH/c1-9-7-14-12(15-8-9)6-10-4-2-3-5-11(10)13;/h2-5,9,12,14H,6-8H2,1H3;1H. The number of halogens is 2. The smallest absolute Gasteiger partial charge is 0.126 e.